The number of carbonyl (C=O) groups excluding carboxylic acids is 1. The van der Waals surface area contributed by atoms with Gasteiger partial charge in [0.15, 0.2) is 0 Å². The van der Waals surface area contributed by atoms with Crippen molar-refractivity contribution in [3.8, 4) is 0 Å². The molecular weight excluding hydrogens is 302 g/mol. The first-order valence-electron chi connectivity index (χ1n) is 8.38. The van der Waals surface area contributed by atoms with Crippen LogP contribution in [0.2, 0.25) is 0 Å². The normalized spacial score (nSPS) is 13.5. The van der Waals surface area contributed by atoms with Crippen LogP contribution in [0, 0.1) is 19.8 Å². The molecule has 24 heavy (non-hydrogen) atoms. The molecule has 130 valence electrons. The number of aliphatic hydroxyl groups excluding tert-OH is 1. The Hall–Kier alpha value is -2.14. The van der Waals surface area contributed by atoms with Gasteiger partial charge in [0, 0.05) is 25.3 Å². The van der Waals surface area contributed by atoms with Crippen molar-refractivity contribution < 1.29 is 9.90 Å². The Morgan fingerprint density at radius 3 is 2.50 bits per heavy atom. The smallest absolute Gasteiger partial charge is 0.225 e. The summed E-state index contributed by atoms with van der Waals surface area (Å²) in [5.41, 5.74) is 4.13. The van der Waals surface area contributed by atoms with E-state index in [0.717, 1.165) is 22.5 Å². The molecule has 0 spiro atoms. The summed E-state index contributed by atoms with van der Waals surface area (Å²) in [4.78, 5) is 14.7. The number of H-pyrrole nitrogens is 1. The Bertz CT molecular complexity index is 647. The van der Waals surface area contributed by atoms with Crippen molar-refractivity contribution >= 4 is 5.91 Å². The Kier molecular flexibility index (Phi) is 6.15. The maximum atomic E-state index is 12.9. The third kappa shape index (κ3) is 4.03. The topological polar surface area (TPSA) is 69.2 Å². The SMILES string of the molecule is Cc1n[nH]c(C)c1CC(C)C(=O)N(C)C(CCO)c1ccccc1. The molecule has 0 fully saturated rings. The molecule has 2 atom stereocenters. The van der Waals surface area contributed by atoms with Crippen molar-refractivity contribution in [2.24, 2.45) is 5.92 Å². The summed E-state index contributed by atoms with van der Waals surface area (Å²) < 4.78 is 0. The molecule has 0 aliphatic carbocycles. The highest BCUT2D eigenvalue weighted by atomic mass is 16.3. The molecule has 2 aromatic rings. The van der Waals surface area contributed by atoms with Crippen molar-refractivity contribution in [3.05, 3.63) is 52.8 Å². The average Bonchev–Trinajstić information content (AvgIpc) is 2.91. The van der Waals surface area contributed by atoms with Crippen LogP contribution in [0.25, 0.3) is 0 Å². The minimum atomic E-state index is -0.144. The van der Waals surface area contributed by atoms with Crippen molar-refractivity contribution in [3.63, 3.8) is 0 Å². The lowest BCUT2D eigenvalue weighted by Gasteiger charge is -2.30. The zero-order chi connectivity index (χ0) is 17.7. The van der Waals surface area contributed by atoms with Crippen molar-refractivity contribution in [2.75, 3.05) is 13.7 Å². The molecule has 1 amide bonds. The van der Waals surface area contributed by atoms with Crippen LogP contribution in [0.5, 0.6) is 0 Å². The quantitative estimate of drug-likeness (QED) is 0.820. The number of amides is 1. The molecule has 2 rings (SSSR count). The average molecular weight is 329 g/mol. The van der Waals surface area contributed by atoms with E-state index < -0.39 is 0 Å². The number of hydrogen-bond acceptors (Lipinski definition) is 3. The van der Waals surface area contributed by atoms with Crippen LogP contribution in [0.4, 0.5) is 0 Å². The van der Waals surface area contributed by atoms with E-state index in [1.165, 1.54) is 0 Å². The molecule has 0 bridgehead atoms. The second-order valence-electron chi connectivity index (χ2n) is 6.41. The first-order valence-corrected chi connectivity index (χ1v) is 8.38. The summed E-state index contributed by atoms with van der Waals surface area (Å²) in [5, 5.41) is 16.6. The fraction of sp³-hybridized carbons (Fsp3) is 0.474. The first kappa shape index (κ1) is 18.2. The minimum absolute atomic E-state index is 0.0471. The molecule has 1 aromatic carbocycles. The van der Waals surface area contributed by atoms with Crippen molar-refractivity contribution in [1.29, 1.82) is 0 Å². The fourth-order valence-corrected chi connectivity index (χ4v) is 3.15. The van der Waals surface area contributed by atoms with Gasteiger partial charge < -0.3 is 10.0 Å². The van der Waals surface area contributed by atoms with Gasteiger partial charge in [0.2, 0.25) is 5.91 Å². The number of aryl methyl sites for hydroxylation is 2. The van der Waals surface area contributed by atoms with Gasteiger partial charge in [0.25, 0.3) is 0 Å². The highest BCUT2D eigenvalue weighted by Crippen LogP contribution is 2.25. The van der Waals surface area contributed by atoms with Crippen LogP contribution in [-0.4, -0.2) is 39.8 Å². The number of nitrogens with zero attached hydrogens (tertiary/aromatic N) is 2. The number of hydrogen-bond donors (Lipinski definition) is 2. The Morgan fingerprint density at radius 1 is 1.29 bits per heavy atom. The van der Waals surface area contributed by atoms with Crippen LogP contribution in [0.15, 0.2) is 30.3 Å². The molecule has 1 aromatic heterocycles. The summed E-state index contributed by atoms with van der Waals surface area (Å²) in [6.07, 6.45) is 1.20. The van der Waals surface area contributed by atoms with Crippen LogP contribution in [0.1, 0.15) is 41.9 Å². The molecule has 2 N–H and O–H groups in total. The lowest BCUT2D eigenvalue weighted by molar-refractivity contribution is -0.136. The van der Waals surface area contributed by atoms with E-state index in [1.54, 1.807) is 4.90 Å². The van der Waals surface area contributed by atoms with Crippen molar-refractivity contribution in [1.82, 2.24) is 15.1 Å². The monoisotopic (exact) mass is 329 g/mol. The molecule has 0 aliphatic heterocycles. The van der Waals surface area contributed by atoms with Gasteiger partial charge in [-0.2, -0.15) is 5.10 Å². The number of aromatic nitrogens is 2. The Labute approximate surface area is 143 Å². The highest BCUT2D eigenvalue weighted by Gasteiger charge is 2.26. The largest absolute Gasteiger partial charge is 0.396 e. The molecule has 0 radical (unpaired) electrons. The summed E-state index contributed by atoms with van der Waals surface area (Å²) >= 11 is 0. The van der Waals surface area contributed by atoms with E-state index in [2.05, 4.69) is 10.2 Å². The zero-order valence-corrected chi connectivity index (χ0v) is 14.9. The molecule has 1 heterocycles. The predicted octanol–water partition coefficient (Wildman–Crippen LogP) is 2.79. The second-order valence-corrected chi connectivity index (χ2v) is 6.41. The van der Waals surface area contributed by atoms with E-state index in [-0.39, 0.29) is 24.5 Å². The van der Waals surface area contributed by atoms with Gasteiger partial charge in [-0.05, 0) is 37.8 Å². The maximum Gasteiger partial charge on any atom is 0.225 e. The lowest BCUT2D eigenvalue weighted by atomic mass is 9.96. The summed E-state index contributed by atoms with van der Waals surface area (Å²) in [5.74, 6) is -0.0628. The van der Waals surface area contributed by atoms with Crippen LogP contribution >= 0.6 is 0 Å². The number of aromatic amines is 1. The number of carbonyl (C=O) groups is 1. The third-order valence-electron chi connectivity index (χ3n) is 4.61. The summed E-state index contributed by atoms with van der Waals surface area (Å²) in [6, 6.07) is 9.75. The molecule has 0 aliphatic rings. The number of rotatable bonds is 7. The Balaban J connectivity index is 2.14. The predicted molar refractivity (Wildman–Crippen MR) is 94.6 cm³/mol. The number of aliphatic hydroxyl groups is 1. The summed E-state index contributed by atoms with van der Waals surface area (Å²) in [6.45, 7) is 5.93. The van der Waals surface area contributed by atoms with Gasteiger partial charge in [0.1, 0.15) is 0 Å². The van der Waals surface area contributed by atoms with E-state index in [1.807, 2.05) is 58.2 Å². The molecule has 2 unspecified atom stereocenters. The van der Waals surface area contributed by atoms with Gasteiger partial charge >= 0.3 is 0 Å². The molecule has 5 heteroatoms. The number of nitrogens with one attached hydrogen (secondary N) is 1. The van der Waals surface area contributed by atoms with E-state index in [0.29, 0.717) is 12.8 Å². The maximum absolute atomic E-state index is 12.9. The van der Waals surface area contributed by atoms with Crippen LogP contribution in [-0.2, 0) is 11.2 Å². The van der Waals surface area contributed by atoms with Gasteiger partial charge in [-0.3, -0.25) is 9.89 Å². The summed E-state index contributed by atoms with van der Waals surface area (Å²) in [7, 11) is 1.82. The second kappa shape index (κ2) is 8.11. The molecule has 0 saturated carbocycles. The van der Waals surface area contributed by atoms with E-state index >= 15 is 0 Å². The van der Waals surface area contributed by atoms with Gasteiger partial charge in [-0.15, -0.1) is 0 Å². The molecule has 5 nitrogen and oxygen atoms in total. The standard InChI is InChI=1S/C19H27N3O2/c1-13(12-17-14(2)20-21-15(17)3)19(24)22(4)18(10-11-23)16-8-6-5-7-9-16/h5-9,13,18,23H,10-12H2,1-4H3,(H,20,21). The van der Waals surface area contributed by atoms with Gasteiger partial charge in [-0.1, -0.05) is 37.3 Å². The zero-order valence-electron chi connectivity index (χ0n) is 14.9. The highest BCUT2D eigenvalue weighted by molar-refractivity contribution is 5.79. The minimum Gasteiger partial charge on any atom is -0.396 e. The lowest BCUT2D eigenvalue weighted by Crippen LogP contribution is -2.36. The van der Waals surface area contributed by atoms with Gasteiger partial charge in [-0.25, -0.2) is 0 Å². The van der Waals surface area contributed by atoms with Crippen LogP contribution in [0.3, 0.4) is 0 Å². The van der Waals surface area contributed by atoms with E-state index in [9.17, 15) is 9.90 Å². The van der Waals surface area contributed by atoms with Crippen LogP contribution < -0.4 is 0 Å². The molecule has 0 saturated heterocycles. The molecular formula is C19H27N3O2. The van der Waals surface area contributed by atoms with Crippen molar-refractivity contribution in [2.45, 2.75) is 39.7 Å². The van der Waals surface area contributed by atoms with E-state index in [4.69, 9.17) is 0 Å². The fourth-order valence-electron chi connectivity index (χ4n) is 3.15. The number of benzene rings is 1. The first-order chi connectivity index (χ1) is 11.5. The van der Waals surface area contributed by atoms with Gasteiger partial charge in [0.05, 0.1) is 11.7 Å². The Morgan fingerprint density at radius 2 is 1.96 bits per heavy atom. The third-order valence-corrected chi connectivity index (χ3v) is 4.61.